The molecule has 0 aromatic carbocycles. The van der Waals surface area contributed by atoms with Crippen LogP contribution in [0.4, 0.5) is 0 Å². The molecule has 2 saturated heterocycles. The second kappa shape index (κ2) is 7.53. The molecule has 25 heavy (non-hydrogen) atoms. The van der Waals surface area contributed by atoms with Crippen LogP contribution in [0.3, 0.4) is 0 Å². The van der Waals surface area contributed by atoms with Crippen molar-refractivity contribution in [2.45, 2.75) is 51.4 Å². The Balaban J connectivity index is 1.59. The van der Waals surface area contributed by atoms with Gasteiger partial charge in [0.15, 0.2) is 0 Å². The zero-order valence-corrected chi connectivity index (χ0v) is 16.1. The summed E-state index contributed by atoms with van der Waals surface area (Å²) >= 11 is 0. The van der Waals surface area contributed by atoms with Crippen LogP contribution in [0.15, 0.2) is 0 Å². The Kier molecular flexibility index (Phi) is 5.75. The van der Waals surface area contributed by atoms with Gasteiger partial charge in [0.05, 0.1) is 12.9 Å². The van der Waals surface area contributed by atoms with Crippen LogP contribution in [0.1, 0.15) is 51.4 Å². The molecule has 2 aliphatic heterocycles. The number of carbonyl (C=O) groups is 1. The van der Waals surface area contributed by atoms with E-state index in [1.54, 1.807) is 0 Å². The molecule has 0 aromatic heterocycles. The third-order valence-corrected chi connectivity index (χ3v) is 7.88. The number of hydrogen-bond acceptors (Lipinski definition) is 4. The van der Waals surface area contributed by atoms with E-state index in [2.05, 4.69) is 0 Å². The molecule has 1 N–H and O–H groups in total. The van der Waals surface area contributed by atoms with Gasteiger partial charge in [-0.25, -0.2) is 12.7 Å². The van der Waals surface area contributed by atoms with E-state index >= 15 is 0 Å². The first-order valence-electron chi connectivity index (χ1n) is 9.68. The van der Waals surface area contributed by atoms with Gasteiger partial charge in [-0.05, 0) is 24.7 Å². The number of aliphatic hydroxyl groups excluding tert-OH is 1. The van der Waals surface area contributed by atoms with E-state index in [0.717, 1.165) is 12.8 Å². The maximum absolute atomic E-state index is 12.7. The predicted octanol–water partition coefficient (Wildman–Crippen LogP) is 1.45. The van der Waals surface area contributed by atoms with Crippen LogP contribution >= 0.6 is 0 Å². The Morgan fingerprint density at radius 3 is 2.52 bits per heavy atom. The molecule has 0 radical (unpaired) electrons. The third kappa shape index (κ3) is 4.19. The number of likely N-dealkylation sites (tertiary alicyclic amines) is 1. The van der Waals surface area contributed by atoms with Gasteiger partial charge in [0, 0.05) is 38.0 Å². The van der Waals surface area contributed by atoms with Crippen LogP contribution in [-0.4, -0.2) is 67.7 Å². The molecule has 3 aliphatic rings. The van der Waals surface area contributed by atoms with Gasteiger partial charge in [0.2, 0.25) is 15.9 Å². The van der Waals surface area contributed by atoms with Gasteiger partial charge >= 0.3 is 0 Å². The van der Waals surface area contributed by atoms with E-state index in [-0.39, 0.29) is 18.4 Å². The minimum absolute atomic E-state index is 0.0594. The molecule has 1 saturated carbocycles. The number of amides is 1. The lowest BCUT2D eigenvalue weighted by Crippen LogP contribution is -2.52. The lowest BCUT2D eigenvalue weighted by atomic mass is 9.74. The molecule has 1 aliphatic carbocycles. The molecule has 2 heterocycles. The van der Waals surface area contributed by atoms with Gasteiger partial charge in [0.25, 0.3) is 0 Å². The summed E-state index contributed by atoms with van der Waals surface area (Å²) < 4.78 is 25.3. The van der Waals surface area contributed by atoms with Crippen LogP contribution in [0.5, 0.6) is 0 Å². The Labute approximate surface area is 151 Å². The minimum atomic E-state index is -3.25. The summed E-state index contributed by atoms with van der Waals surface area (Å²) in [6.45, 7) is 1.93. The quantitative estimate of drug-likeness (QED) is 0.792. The molecule has 2 unspecified atom stereocenters. The van der Waals surface area contributed by atoms with Crippen LogP contribution in [0.2, 0.25) is 0 Å². The average molecular weight is 373 g/mol. The smallest absolute Gasteiger partial charge is 0.222 e. The molecule has 2 atom stereocenters. The van der Waals surface area contributed by atoms with Crippen molar-refractivity contribution < 1.29 is 18.3 Å². The SMILES string of the molecule is CS(=O)(=O)N1CC2CCN(C(=O)CCC3CCCCC3)CC2(CO)C1. The Morgan fingerprint density at radius 2 is 1.88 bits per heavy atom. The second-order valence-corrected chi connectivity index (χ2v) is 10.4. The number of aliphatic hydroxyl groups is 1. The average Bonchev–Trinajstić information content (AvgIpc) is 3.00. The Hall–Kier alpha value is -0.660. The molecule has 6 nitrogen and oxygen atoms in total. The second-order valence-electron chi connectivity index (χ2n) is 8.42. The summed E-state index contributed by atoms with van der Waals surface area (Å²) in [7, 11) is -3.25. The molecule has 0 aromatic rings. The van der Waals surface area contributed by atoms with Crippen molar-refractivity contribution in [2.75, 3.05) is 39.0 Å². The molecule has 144 valence electrons. The van der Waals surface area contributed by atoms with Crippen LogP contribution in [0, 0.1) is 17.3 Å². The maximum Gasteiger partial charge on any atom is 0.222 e. The highest BCUT2D eigenvalue weighted by Crippen LogP contribution is 2.43. The number of carbonyl (C=O) groups excluding carboxylic acids is 1. The molecular weight excluding hydrogens is 340 g/mol. The van der Waals surface area contributed by atoms with Crippen molar-refractivity contribution in [3.05, 3.63) is 0 Å². The number of piperidine rings is 1. The van der Waals surface area contributed by atoms with Crippen molar-refractivity contribution in [1.29, 1.82) is 0 Å². The molecule has 3 fully saturated rings. The summed E-state index contributed by atoms with van der Waals surface area (Å²) in [5.41, 5.74) is -0.484. The van der Waals surface area contributed by atoms with E-state index < -0.39 is 15.4 Å². The number of hydrogen-bond donors (Lipinski definition) is 1. The summed E-state index contributed by atoms with van der Waals surface area (Å²) in [6.07, 6.45) is 9.97. The van der Waals surface area contributed by atoms with Gasteiger partial charge in [0.1, 0.15) is 0 Å². The molecule has 0 spiro atoms. The van der Waals surface area contributed by atoms with E-state index in [9.17, 15) is 18.3 Å². The number of rotatable bonds is 5. The highest BCUT2D eigenvalue weighted by atomic mass is 32.2. The maximum atomic E-state index is 12.7. The minimum Gasteiger partial charge on any atom is -0.396 e. The van der Waals surface area contributed by atoms with E-state index in [1.807, 2.05) is 4.90 Å². The highest BCUT2D eigenvalue weighted by Gasteiger charge is 2.52. The lowest BCUT2D eigenvalue weighted by Gasteiger charge is -2.43. The van der Waals surface area contributed by atoms with Crippen molar-refractivity contribution >= 4 is 15.9 Å². The van der Waals surface area contributed by atoms with Crippen molar-refractivity contribution in [3.8, 4) is 0 Å². The molecule has 0 bridgehead atoms. The van der Waals surface area contributed by atoms with Gasteiger partial charge in [-0.1, -0.05) is 32.1 Å². The van der Waals surface area contributed by atoms with Gasteiger partial charge in [-0.2, -0.15) is 0 Å². The zero-order chi connectivity index (χ0) is 18.1. The number of fused-ring (bicyclic) bond motifs is 1. The van der Waals surface area contributed by atoms with E-state index in [1.165, 1.54) is 42.7 Å². The van der Waals surface area contributed by atoms with Gasteiger partial charge in [-0.15, -0.1) is 0 Å². The summed E-state index contributed by atoms with van der Waals surface area (Å²) in [5, 5.41) is 10.0. The Morgan fingerprint density at radius 1 is 1.16 bits per heavy atom. The molecular formula is C18H32N2O4S. The van der Waals surface area contributed by atoms with Crippen LogP contribution in [0.25, 0.3) is 0 Å². The fraction of sp³-hybridized carbons (Fsp3) is 0.944. The number of nitrogens with zero attached hydrogens (tertiary/aromatic N) is 2. The van der Waals surface area contributed by atoms with Crippen molar-refractivity contribution in [3.63, 3.8) is 0 Å². The zero-order valence-electron chi connectivity index (χ0n) is 15.3. The van der Waals surface area contributed by atoms with Gasteiger partial charge < -0.3 is 10.0 Å². The first-order valence-corrected chi connectivity index (χ1v) is 11.5. The predicted molar refractivity (Wildman–Crippen MR) is 96.4 cm³/mol. The molecule has 3 rings (SSSR count). The highest BCUT2D eigenvalue weighted by molar-refractivity contribution is 7.88. The van der Waals surface area contributed by atoms with Crippen molar-refractivity contribution in [1.82, 2.24) is 9.21 Å². The normalized spacial score (nSPS) is 31.9. The third-order valence-electron chi connectivity index (χ3n) is 6.66. The fourth-order valence-corrected chi connectivity index (χ4v) is 5.93. The topological polar surface area (TPSA) is 77.9 Å². The first kappa shape index (κ1) is 19.1. The number of sulfonamides is 1. The standard InChI is InChI=1S/C18H32N2O4S/c1-25(23,24)20-11-16-9-10-19(12-18(16,13-20)14-21)17(22)8-7-15-5-3-2-4-6-15/h15-16,21H,2-14H2,1H3. The lowest BCUT2D eigenvalue weighted by molar-refractivity contribution is -0.136. The first-order chi connectivity index (χ1) is 11.8. The van der Waals surface area contributed by atoms with E-state index in [4.69, 9.17) is 0 Å². The summed E-state index contributed by atoms with van der Waals surface area (Å²) in [5.74, 6) is 1.01. The van der Waals surface area contributed by atoms with Crippen molar-refractivity contribution in [2.24, 2.45) is 17.3 Å². The fourth-order valence-electron chi connectivity index (χ4n) is 4.99. The molecule has 1 amide bonds. The summed E-state index contributed by atoms with van der Waals surface area (Å²) in [4.78, 5) is 14.6. The van der Waals surface area contributed by atoms with Gasteiger partial charge in [-0.3, -0.25) is 4.79 Å². The van der Waals surface area contributed by atoms with Crippen LogP contribution < -0.4 is 0 Å². The monoisotopic (exact) mass is 372 g/mol. The van der Waals surface area contributed by atoms with E-state index in [0.29, 0.717) is 38.5 Å². The molecule has 7 heteroatoms. The Bertz CT molecular complexity index is 588. The largest absolute Gasteiger partial charge is 0.396 e. The van der Waals surface area contributed by atoms with Crippen LogP contribution in [-0.2, 0) is 14.8 Å². The summed E-state index contributed by atoms with van der Waals surface area (Å²) in [6, 6.07) is 0.